The molecular formula is C26H26N8O. The highest BCUT2D eigenvalue weighted by Crippen LogP contribution is 2.31. The van der Waals surface area contributed by atoms with Crippen molar-refractivity contribution in [2.75, 3.05) is 24.5 Å². The van der Waals surface area contributed by atoms with Crippen LogP contribution in [0.4, 0.5) is 5.69 Å². The fourth-order valence-electron chi connectivity index (χ4n) is 4.39. The number of allylic oxidation sites excluding steroid dienone is 1. The minimum Gasteiger partial charge on any atom is -0.390 e. The molecule has 9 nitrogen and oxygen atoms in total. The van der Waals surface area contributed by atoms with Crippen molar-refractivity contribution in [3.8, 4) is 11.1 Å². The normalized spacial score (nSPS) is 14.4. The van der Waals surface area contributed by atoms with Gasteiger partial charge >= 0.3 is 0 Å². The molecule has 0 aliphatic carbocycles. The first-order chi connectivity index (χ1) is 17.2. The maximum Gasteiger partial charge on any atom is 0.275 e. The first-order valence-electron chi connectivity index (χ1n) is 11.4. The Labute approximate surface area is 203 Å². The van der Waals surface area contributed by atoms with E-state index in [4.69, 9.17) is 5.73 Å². The van der Waals surface area contributed by atoms with E-state index in [0.29, 0.717) is 43.0 Å². The first-order valence-corrected chi connectivity index (χ1v) is 11.4. The van der Waals surface area contributed by atoms with Gasteiger partial charge in [0.1, 0.15) is 11.8 Å². The zero-order valence-electron chi connectivity index (χ0n) is 19.4. The highest BCUT2D eigenvalue weighted by Gasteiger charge is 2.27. The maximum absolute atomic E-state index is 13.6. The van der Waals surface area contributed by atoms with E-state index in [9.17, 15) is 4.79 Å². The number of nitrogens with one attached hydrogen (secondary N) is 1. The van der Waals surface area contributed by atoms with Crippen LogP contribution in [0.2, 0.25) is 0 Å². The number of hydrogen-bond donors (Lipinski definition) is 2. The summed E-state index contributed by atoms with van der Waals surface area (Å²) in [7, 11) is 0. The molecular weight excluding hydrogens is 440 g/mol. The van der Waals surface area contributed by atoms with Gasteiger partial charge in [-0.05, 0) is 35.7 Å². The third kappa shape index (κ3) is 4.48. The van der Waals surface area contributed by atoms with Gasteiger partial charge in [0.2, 0.25) is 0 Å². The minimum absolute atomic E-state index is 0.161. The zero-order chi connectivity index (χ0) is 24.2. The van der Waals surface area contributed by atoms with Gasteiger partial charge in [-0.25, -0.2) is 19.9 Å². The van der Waals surface area contributed by atoms with Gasteiger partial charge < -0.3 is 20.5 Å². The molecule has 0 spiro atoms. The summed E-state index contributed by atoms with van der Waals surface area (Å²) in [6.45, 7) is 4.15. The number of amides is 1. The molecule has 0 bridgehead atoms. The molecule has 1 aliphatic heterocycles. The Bertz CT molecular complexity index is 1410. The van der Waals surface area contributed by atoms with E-state index < -0.39 is 0 Å². The molecule has 3 heterocycles. The van der Waals surface area contributed by atoms with E-state index >= 15 is 0 Å². The van der Waals surface area contributed by atoms with Crippen molar-refractivity contribution in [3.05, 3.63) is 84.2 Å². The molecule has 4 aromatic rings. The Morgan fingerprint density at radius 3 is 2.77 bits per heavy atom. The number of carbonyl (C=O) groups excluding carboxylic acids is 1. The Hall–Kier alpha value is -4.53. The number of fused-ring (bicyclic) bond motifs is 2. The average Bonchev–Trinajstić information content (AvgIpc) is 3.31. The standard InChI is InChI=1S/C26H26N8O/c1-2-21(28-15-27)14-33-10-11-34(26(35)24-23-25(31-16-29-23)32-17-30-24)13-20-12-19(8-9-22(20)33)18-6-4-3-5-7-18/h2-9,12,15-17H,10-11,13-14H2,1H3,(H2,27,28)(H,29,30,31,32)/b21-2-. The molecule has 0 saturated carbocycles. The van der Waals surface area contributed by atoms with Crippen LogP contribution in [-0.2, 0) is 6.54 Å². The number of aromatic amines is 1. The van der Waals surface area contributed by atoms with Crippen molar-refractivity contribution in [3.63, 3.8) is 0 Å². The van der Waals surface area contributed by atoms with Crippen LogP contribution >= 0.6 is 0 Å². The minimum atomic E-state index is -0.161. The van der Waals surface area contributed by atoms with Gasteiger partial charge in [0.05, 0.1) is 24.9 Å². The number of benzene rings is 2. The predicted molar refractivity (Wildman–Crippen MR) is 137 cm³/mol. The Balaban J connectivity index is 1.54. The molecule has 0 atom stereocenters. The Morgan fingerprint density at radius 1 is 1.11 bits per heavy atom. The highest BCUT2D eigenvalue weighted by molar-refractivity contribution is 6.02. The molecule has 0 fully saturated rings. The number of anilines is 1. The summed E-state index contributed by atoms with van der Waals surface area (Å²) in [6, 6.07) is 16.6. The van der Waals surface area contributed by atoms with Crippen LogP contribution in [0.3, 0.4) is 0 Å². The number of H-pyrrole nitrogens is 1. The Kier molecular flexibility index (Phi) is 6.21. The summed E-state index contributed by atoms with van der Waals surface area (Å²) >= 11 is 0. The summed E-state index contributed by atoms with van der Waals surface area (Å²) in [6.07, 6.45) is 6.17. The number of imidazole rings is 1. The lowest BCUT2D eigenvalue weighted by molar-refractivity contribution is 0.0747. The van der Waals surface area contributed by atoms with Gasteiger partial charge in [0.25, 0.3) is 5.91 Å². The topological polar surface area (TPSA) is 116 Å². The average molecular weight is 467 g/mol. The molecule has 9 heteroatoms. The van der Waals surface area contributed by atoms with Crippen molar-refractivity contribution in [2.45, 2.75) is 13.5 Å². The van der Waals surface area contributed by atoms with E-state index in [0.717, 1.165) is 28.1 Å². The summed E-state index contributed by atoms with van der Waals surface area (Å²) in [5.41, 5.74) is 12.1. The number of nitrogens with zero attached hydrogens (tertiary/aromatic N) is 6. The molecule has 0 saturated heterocycles. The molecule has 2 aromatic heterocycles. The number of aromatic nitrogens is 4. The Morgan fingerprint density at radius 2 is 1.97 bits per heavy atom. The smallest absolute Gasteiger partial charge is 0.275 e. The number of nitrogens with two attached hydrogens (primary N) is 1. The quantitative estimate of drug-likeness (QED) is 0.344. The van der Waals surface area contributed by atoms with Gasteiger partial charge in [-0.3, -0.25) is 4.79 Å². The summed E-state index contributed by atoms with van der Waals surface area (Å²) in [4.78, 5) is 37.6. The van der Waals surface area contributed by atoms with E-state index in [-0.39, 0.29) is 5.91 Å². The molecule has 3 N–H and O–H groups in total. The number of hydrogen-bond acceptors (Lipinski definition) is 6. The van der Waals surface area contributed by atoms with Crippen molar-refractivity contribution < 1.29 is 4.79 Å². The van der Waals surface area contributed by atoms with E-state index in [1.165, 1.54) is 19.0 Å². The largest absolute Gasteiger partial charge is 0.390 e. The highest BCUT2D eigenvalue weighted by atomic mass is 16.2. The van der Waals surface area contributed by atoms with Gasteiger partial charge in [-0.1, -0.05) is 42.5 Å². The summed E-state index contributed by atoms with van der Waals surface area (Å²) < 4.78 is 0. The summed E-state index contributed by atoms with van der Waals surface area (Å²) in [5.74, 6) is -0.161. The molecule has 0 radical (unpaired) electrons. The third-order valence-corrected chi connectivity index (χ3v) is 6.17. The molecule has 5 rings (SSSR count). The molecule has 1 amide bonds. The van der Waals surface area contributed by atoms with Crippen LogP contribution in [0, 0.1) is 0 Å². The zero-order valence-corrected chi connectivity index (χ0v) is 19.4. The third-order valence-electron chi connectivity index (χ3n) is 6.17. The van der Waals surface area contributed by atoms with E-state index in [1.807, 2.05) is 36.1 Å². The van der Waals surface area contributed by atoms with E-state index in [2.05, 4.69) is 60.2 Å². The predicted octanol–water partition coefficient (Wildman–Crippen LogP) is 3.37. The number of rotatable bonds is 5. The van der Waals surface area contributed by atoms with Crippen molar-refractivity contribution in [1.82, 2.24) is 24.8 Å². The van der Waals surface area contributed by atoms with Crippen LogP contribution in [0.5, 0.6) is 0 Å². The van der Waals surface area contributed by atoms with Crippen LogP contribution < -0.4 is 10.6 Å². The fraction of sp³-hybridized carbons (Fsp3) is 0.192. The van der Waals surface area contributed by atoms with Gasteiger partial charge in [0.15, 0.2) is 11.3 Å². The van der Waals surface area contributed by atoms with E-state index in [1.54, 1.807) is 0 Å². The van der Waals surface area contributed by atoms with Crippen molar-refractivity contribution >= 4 is 29.1 Å². The SMILES string of the molecule is C/C=C(/CN1CCN(C(=O)c2ncnc3nc[nH]c23)Cc2cc(-c3ccccc3)ccc21)N=CN. The number of carbonyl (C=O) groups is 1. The first kappa shape index (κ1) is 22.3. The maximum atomic E-state index is 13.6. The van der Waals surface area contributed by atoms with Gasteiger partial charge in [0, 0.05) is 25.3 Å². The lowest BCUT2D eigenvalue weighted by Crippen LogP contribution is -2.36. The molecule has 176 valence electrons. The second kappa shape index (κ2) is 9.76. The monoisotopic (exact) mass is 466 g/mol. The van der Waals surface area contributed by atoms with Crippen LogP contribution in [0.1, 0.15) is 23.0 Å². The second-order valence-electron chi connectivity index (χ2n) is 8.24. The molecule has 35 heavy (non-hydrogen) atoms. The van der Waals surface area contributed by atoms with Crippen LogP contribution in [-0.4, -0.2) is 56.7 Å². The van der Waals surface area contributed by atoms with Crippen LogP contribution in [0.15, 0.2) is 78.0 Å². The van der Waals surface area contributed by atoms with Crippen LogP contribution in [0.25, 0.3) is 22.3 Å². The van der Waals surface area contributed by atoms with Gasteiger partial charge in [-0.2, -0.15) is 0 Å². The van der Waals surface area contributed by atoms with Crippen molar-refractivity contribution in [2.24, 2.45) is 10.7 Å². The van der Waals surface area contributed by atoms with Gasteiger partial charge in [-0.15, -0.1) is 0 Å². The molecule has 0 unspecified atom stereocenters. The van der Waals surface area contributed by atoms with Crippen molar-refractivity contribution in [1.29, 1.82) is 0 Å². The molecule has 2 aromatic carbocycles. The fourth-order valence-corrected chi connectivity index (χ4v) is 4.39. The lowest BCUT2D eigenvalue weighted by Gasteiger charge is -2.25. The summed E-state index contributed by atoms with van der Waals surface area (Å²) in [5, 5.41) is 0. The lowest BCUT2D eigenvalue weighted by atomic mass is 10.0. The second-order valence-corrected chi connectivity index (χ2v) is 8.24. The number of aliphatic imine (C=N–C) groups is 1. The molecule has 1 aliphatic rings.